The summed E-state index contributed by atoms with van der Waals surface area (Å²) in [7, 11) is 3.70. The van der Waals surface area contributed by atoms with Gasteiger partial charge in [0.1, 0.15) is 5.75 Å². The Labute approximate surface area is 115 Å². The average Bonchev–Trinajstić information content (AvgIpc) is 2.66. The van der Waals surface area contributed by atoms with Crippen LogP contribution < -0.4 is 10.1 Å². The molecule has 1 atom stereocenters. The van der Waals surface area contributed by atoms with Crippen LogP contribution in [0.15, 0.2) is 22.7 Å². The molecule has 1 amide bonds. The predicted octanol–water partition coefficient (Wildman–Crippen LogP) is 1.78. The predicted molar refractivity (Wildman–Crippen MR) is 73.6 cm³/mol. The van der Waals surface area contributed by atoms with E-state index in [1.54, 1.807) is 11.9 Å². The van der Waals surface area contributed by atoms with Gasteiger partial charge in [-0.1, -0.05) is 15.9 Å². The van der Waals surface area contributed by atoms with Crippen molar-refractivity contribution in [3.05, 3.63) is 28.2 Å². The Morgan fingerprint density at radius 3 is 2.94 bits per heavy atom. The zero-order valence-electron chi connectivity index (χ0n) is 10.6. The van der Waals surface area contributed by atoms with Crippen molar-refractivity contribution in [2.24, 2.45) is 0 Å². The molecule has 0 aromatic heterocycles. The Kier molecular flexibility index (Phi) is 4.24. The van der Waals surface area contributed by atoms with Gasteiger partial charge >= 0.3 is 0 Å². The molecule has 1 unspecified atom stereocenters. The number of hydrogen-bond acceptors (Lipinski definition) is 3. The Morgan fingerprint density at radius 2 is 2.33 bits per heavy atom. The molecule has 0 saturated carbocycles. The van der Waals surface area contributed by atoms with Gasteiger partial charge in [0.25, 0.3) is 5.91 Å². The van der Waals surface area contributed by atoms with Crippen LogP contribution in [0.1, 0.15) is 12.0 Å². The van der Waals surface area contributed by atoms with Gasteiger partial charge < -0.3 is 15.0 Å². The highest BCUT2D eigenvalue weighted by molar-refractivity contribution is 9.10. The number of carbonyl (C=O) groups is 1. The third-order valence-corrected chi connectivity index (χ3v) is 3.81. The lowest BCUT2D eigenvalue weighted by Gasteiger charge is -2.14. The lowest BCUT2D eigenvalue weighted by molar-refractivity contribution is -0.132. The summed E-state index contributed by atoms with van der Waals surface area (Å²) >= 11 is 3.49. The highest BCUT2D eigenvalue weighted by Crippen LogP contribution is 2.25. The van der Waals surface area contributed by atoms with Gasteiger partial charge in [-0.3, -0.25) is 4.79 Å². The lowest BCUT2D eigenvalue weighted by Crippen LogP contribution is -2.29. The van der Waals surface area contributed by atoms with Crippen molar-refractivity contribution in [3.63, 3.8) is 0 Å². The number of ether oxygens (including phenoxy) is 1. The molecule has 0 bridgehead atoms. The molecule has 4 nitrogen and oxygen atoms in total. The van der Waals surface area contributed by atoms with Gasteiger partial charge in [-0.05, 0) is 30.8 Å². The lowest BCUT2D eigenvalue weighted by atomic mass is 10.2. The molecule has 0 aliphatic carbocycles. The van der Waals surface area contributed by atoms with Crippen LogP contribution in [0.3, 0.4) is 0 Å². The number of likely N-dealkylation sites (tertiary alicyclic amines) is 1. The molecule has 1 aromatic rings. The summed E-state index contributed by atoms with van der Waals surface area (Å²) in [6.07, 6.45) is 0.422. The largest absolute Gasteiger partial charge is 0.481 e. The van der Waals surface area contributed by atoms with Crippen molar-refractivity contribution in [1.29, 1.82) is 0 Å². The molecule has 1 aliphatic rings. The molecule has 0 spiro atoms. The minimum Gasteiger partial charge on any atom is -0.481 e. The van der Waals surface area contributed by atoms with E-state index in [0.717, 1.165) is 35.3 Å². The van der Waals surface area contributed by atoms with E-state index in [1.165, 1.54) is 0 Å². The number of carbonyl (C=O) groups excluding carboxylic acids is 1. The summed E-state index contributed by atoms with van der Waals surface area (Å²) in [5.41, 5.74) is 1.12. The molecule has 2 rings (SSSR count). The minimum absolute atomic E-state index is 0.0630. The van der Waals surface area contributed by atoms with Crippen LogP contribution in [0.5, 0.6) is 5.75 Å². The molecular weight excluding hydrogens is 296 g/mol. The number of nitrogens with zero attached hydrogens (tertiary/aromatic N) is 1. The third-order valence-electron chi connectivity index (χ3n) is 3.04. The van der Waals surface area contributed by atoms with Crippen LogP contribution in [-0.2, 0) is 11.3 Å². The molecule has 1 N–H and O–H groups in total. The van der Waals surface area contributed by atoms with E-state index in [9.17, 15) is 4.79 Å². The molecule has 18 heavy (non-hydrogen) atoms. The van der Waals surface area contributed by atoms with E-state index in [-0.39, 0.29) is 12.0 Å². The average molecular weight is 313 g/mol. The number of likely N-dealkylation sites (N-methyl/N-ethyl adjacent to an activating group) is 1. The normalized spacial score (nSPS) is 19.4. The van der Waals surface area contributed by atoms with Crippen molar-refractivity contribution >= 4 is 21.8 Å². The molecular formula is C13H17BrN2O2. The molecule has 5 heteroatoms. The maximum Gasteiger partial charge on any atom is 0.263 e. The maximum absolute atomic E-state index is 11.8. The van der Waals surface area contributed by atoms with E-state index in [0.29, 0.717) is 0 Å². The van der Waals surface area contributed by atoms with Gasteiger partial charge in [-0.25, -0.2) is 0 Å². The van der Waals surface area contributed by atoms with Crippen molar-refractivity contribution in [2.45, 2.75) is 19.1 Å². The van der Waals surface area contributed by atoms with E-state index in [4.69, 9.17) is 4.74 Å². The van der Waals surface area contributed by atoms with Crippen molar-refractivity contribution in [3.8, 4) is 5.75 Å². The monoisotopic (exact) mass is 312 g/mol. The first kappa shape index (κ1) is 13.4. The van der Waals surface area contributed by atoms with E-state index in [2.05, 4.69) is 21.2 Å². The summed E-state index contributed by atoms with van der Waals surface area (Å²) in [5.74, 6) is 0.810. The maximum atomic E-state index is 11.8. The Hall–Kier alpha value is -1.07. The second kappa shape index (κ2) is 5.71. The second-order valence-corrected chi connectivity index (χ2v) is 5.29. The molecule has 1 aliphatic heterocycles. The van der Waals surface area contributed by atoms with Gasteiger partial charge in [-0.15, -0.1) is 0 Å². The van der Waals surface area contributed by atoms with Crippen LogP contribution in [-0.4, -0.2) is 37.6 Å². The standard InChI is InChI=1S/C13H17BrN2O2/c1-15-8-9-7-10(3-4-11(9)14)18-12-5-6-16(2)13(12)17/h3-4,7,12,15H,5-6,8H2,1-2H3. The number of benzene rings is 1. The molecule has 1 aromatic carbocycles. The Bertz CT molecular complexity index is 451. The fourth-order valence-corrected chi connectivity index (χ4v) is 2.40. The first-order chi connectivity index (χ1) is 8.61. The topological polar surface area (TPSA) is 41.6 Å². The number of hydrogen-bond donors (Lipinski definition) is 1. The fraction of sp³-hybridized carbons (Fsp3) is 0.462. The van der Waals surface area contributed by atoms with Crippen LogP contribution in [0.2, 0.25) is 0 Å². The SMILES string of the molecule is CNCc1cc(OC2CCN(C)C2=O)ccc1Br. The minimum atomic E-state index is -0.335. The van der Waals surface area contributed by atoms with Crippen molar-refractivity contribution in [2.75, 3.05) is 20.6 Å². The molecule has 0 radical (unpaired) electrons. The first-order valence-electron chi connectivity index (χ1n) is 5.96. The van der Waals surface area contributed by atoms with Gasteiger partial charge in [0.2, 0.25) is 0 Å². The quantitative estimate of drug-likeness (QED) is 0.921. The number of amides is 1. The fourth-order valence-electron chi connectivity index (χ4n) is 2.01. The van der Waals surface area contributed by atoms with Gasteiger partial charge in [-0.2, -0.15) is 0 Å². The highest BCUT2D eigenvalue weighted by atomic mass is 79.9. The number of rotatable bonds is 4. The smallest absolute Gasteiger partial charge is 0.263 e. The van der Waals surface area contributed by atoms with E-state index < -0.39 is 0 Å². The zero-order valence-corrected chi connectivity index (χ0v) is 12.2. The summed E-state index contributed by atoms with van der Waals surface area (Å²) in [5, 5.41) is 3.10. The Balaban J connectivity index is 2.10. The number of halogens is 1. The zero-order chi connectivity index (χ0) is 13.1. The molecule has 98 valence electrons. The second-order valence-electron chi connectivity index (χ2n) is 4.44. The number of nitrogens with one attached hydrogen (secondary N) is 1. The van der Waals surface area contributed by atoms with Crippen molar-refractivity contribution in [1.82, 2.24) is 10.2 Å². The summed E-state index contributed by atoms with van der Waals surface area (Å²) in [6, 6.07) is 5.80. The molecule has 1 saturated heterocycles. The molecule has 1 heterocycles. The summed E-state index contributed by atoms with van der Waals surface area (Å²) in [4.78, 5) is 13.5. The van der Waals surface area contributed by atoms with Crippen LogP contribution in [0, 0.1) is 0 Å². The first-order valence-corrected chi connectivity index (χ1v) is 6.76. The van der Waals surface area contributed by atoms with E-state index in [1.807, 2.05) is 25.2 Å². The van der Waals surface area contributed by atoms with Gasteiger partial charge in [0.05, 0.1) is 0 Å². The summed E-state index contributed by atoms with van der Waals surface area (Å²) in [6.45, 7) is 1.53. The highest BCUT2D eigenvalue weighted by Gasteiger charge is 2.30. The van der Waals surface area contributed by atoms with Crippen LogP contribution in [0.25, 0.3) is 0 Å². The van der Waals surface area contributed by atoms with Gasteiger partial charge in [0, 0.05) is 31.0 Å². The van der Waals surface area contributed by atoms with Gasteiger partial charge in [0.15, 0.2) is 6.10 Å². The Morgan fingerprint density at radius 1 is 1.56 bits per heavy atom. The third kappa shape index (κ3) is 2.84. The van der Waals surface area contributed by atoms with Crippen LogP contribution >= 0.6 is 15.9 Å². The van der Waals surface area contributed by atoms with E-state index >= 15 is 0 Å². The molecule has 1 fully saturated rings. The summed E-state index contributed by atoms with van der Waals surface area (Å²) < 4.78 is 6.80. The van der Waals surface area contributed by atoms with Crippen LogP contribution in [0.4, 0.5) is 0 Å². The van der Waals surface area contributed by atoms with Crippen molar-refractivity contribution < 1.29 is 9.53 Å².